The summed E-state index contributed by atoms with van der Waals surface area (Å²) >= 11 is 0. The van der Waals surface area contributed by atoms with E-state index in [1.54, 1.807) is 6.92 Å². The lowest BCUT2D eigenvalue weighted by molar-refractivity contribution is -0.408. The van der Waals surface area contributed by atoms with Gasteiger partial charge in [-0.25, -0.2) is 0 Å². The van der Waals surface area contributed by atoms with Gasteiger partial charge in [0.1, 0.15) is 17.8 Å². The number of rotatable bonds is 3. The van der Waals surface area contributed by atoms with Gasteiger partial charge in [0, 0.05) is 29.7 Å². The molecule has 14 unspecified atom stereocenters. The van der Waals surface area contributed by atoms with Crippen LogP contribution in [0.4, 0.5) is 0 Å². The summed E-state index contributed by atoms with van der Waals surface area (Å²) in [7, 11) is 0. The van der Waals surface area contributed by atoms with Gasteiger partial charge in [-0.1, -0.05) is 34.6 Å². The smallest absolute Gasteiger partial charge is 0.210 e. The summed E-state index contributed by atoms with van der Waals surface area (Å²) in [5, 5.41) is 56.7. The summed E-state index contributed by atoms with van der Waals surface area (Å²) in [4.78, 5) is 14.3. The first-order valence-corrected chi connectivity index (χ1v) is 13.9. The molecule has 4 saturated heterocycles. The second kappa shape index (κ2) is 7.63. The molecule has 0 radical (unpaired) electrons. The largest absolute Gasteiger partial charge is 0.393 e. The Hall–Kier alpha value is -0.910. The van der Waals surface area contributed by atoms with Gasteiger partial charge in [-0.05, 0) is 43.6 Å². The van der Waals surface area contributed by atoms with Crippen LogP contribution in [0.15, 0.2) is 11.6 Å². The number of hydrogen-bond acceptors (Lipinski definition) is 9. The van der Waals surface area contributed by atoms with E-state index in [1.807, 2.05) is 20.8 Å². The molecule has 1 saturated carbocycles. The predicted octanol–water partition coefficient (Wildman–Crippen LogP) is 1.04. The van der Waals surface area contributed by atoms with Crippen molar-refractivity contribution in [2.45, 2.75) is 121 Å². The molecule has 5 aliphatic heterocycles. The van der Waals surface area contributed by atoms with Crippen LogP contribution in [0.5, 0.6) is 0 Å². The second-order valence-corrected chi connectivity index (χ2v) is 13.6. The zero-order chi connectivity index (χ0) is 27.1. The van der Waals surface area contributed by atoms with Crippen molar-refractivity contribution >= 4 is 5.78 Å². The zero-order valence-corrected chi connectivity index (χ0v) is 22.5. The molecule has 0 aromatic carbocycles. The Morgan fingerprint density at radius 3 is 2.43 bits per heavy atom. The van der Waals surface area contributed by atoms with Gasteiger partial charge in [0.25, 0.3) is 0 Å². The van der Waals surface area contributed by atoms with Crippen molar-refractivity contribution in [1.29, 1.82) is 0 Å². The van der Waals surface area contributed by atoms with Gasteiger partial charge >= 0.3 is 0 Å². The summed E-state index contributed by atoms with van der Waals surface area (Å²) in [6, 6.07) is 0. The summed E-state index contributed by atoms with van der Waals surface area (Å²) in [5.74, 6) is -4.39. The molecule has 1 spiro atoms. The maximum Gasteiger partial charge on any atom is 0.210 e. The fourth-order valence-electron chi connectivity index (χ4n) is 8.93. The summed E-state index contributed by atoms with van der Waals surface area (Å²) < 4.78 is 19.2. The number of ether oxygens (including phenoxy) is 3. The molecule has 5 fully saturated rings. The Morgan fingerprint density at radius 2 is 1.78 bits per heavy atom. The van der Waals surface area contributed by atoms with E-state index in [1.165, 1.54) is 6.08 Å². The number of aliphatic hydroxyl groups excluding tert-OH is 3. The molecule has 208 valence electrons. The first-order chi connectivity index (χ1) is 17.1. The van der Waals surface area contributed by atoms with Crippen LogP contribution in [0.25, 0.3) is 0 Å². The molecule has 5 heterocycles. The van der Waals surface area contributed by atoms with Crippen LogP contribution in [0.2, 0.25) is 0 Å². The molecule has 0 aromatic heterocycles. The van der Waals surface area contributed by atoms with Gasteiger partial charge in [0.2, 0.25) is 11.6 Å². The Balaban J connectivity index is 1.49. The number of fused-ring (bicyclic) bond motifs is 7. The molecule has 0 aromatic rings. The average molecular weight is 523 g/mol. The molecular weight excluding hydrogens is 480 g/mol. The summed E-state index contributed by atoms with van der Waals surface area (Å²) in [5.41, 5.74) is -3.75. The molecule has 37 heavy (non-hydrogen) atoms. The topological polar surface area (TPSA) is 146 Å². The van der Waals surface area contributed by atoms with E-state index in [9.17, 15) is 30.3 Å². The third kappa shape index (κ3) is 2.85. The van der Waals surface area contributed by atoms with Crippen LogP contribution in [0.1, 0.15) is 67.2 Å². The van der Waals surface area contributed by atoms with E-state index in [-0.39, 0.29) is 60.7 Å². The van der Waals surface area contributed by atoms with Crippen LogP contribution in [-0.4, -0.2) is 85.1 Å². The third-order valence-electron chi connectivity index (χ3n) is 11.6. The van der Waals surface area contributed by atoms with Crippen molar-refractivity contribution in [1.82, 2.24) is 0 Å². The Bertz CT molecular complexity index is 1040. The van der Waals surface area contributed by atoms with Crippen LogP contribution < -0.4 is 0 Å². The highest BCUT2D eigenvalue weighted by Gasteiger charge is 2.85. The minimum Gasteiger partial charge on any atom is -0.393 e. The molecule has 5 N–H and O–H groups in total. The number of aliphatic hydroxyl groups is 5. The van der Waals surface area contributed by atoms with Crippen molar-refractivity contribution in [2.24, 2.45) is 34.5 Å². The molecule has 1 aliphatic carbocycles. The average Bonchev–Trinajstić information content (AvgIpc) is 3.33. The molecule has 9 heteroatoms. The van der Waals surface area contributed by atoms with Crippen LogP contribution in [0, 0.1) is 34.5 Å². The lowest BCUT2D eigenvalue weighted by Gasteiger charge is -2.60. The fourth-order valence-corrected chi connectivity index (χ4v) is 8.93. The van der Waals surface area contributed by atoms with E-state index < -0.39 is 64.6 Å². The minimum atomic E-state index is -2.16. The quantitative estimate of drug-likeness (QED) is 0.343. The van der Waals surface area contributed by atoms with Gasteiger partial charge < -0.3 is 39.7 Å². The van der Waals surface area contributed by atoms with Crippen molar-refractivity contribution < 1.29 is 44.5 Å². The number of Topliss-reactive ketones (excluding diaryl/α,β-unsaturated/α-hetero) is 1. The Morgan fingerprint density at radius 1 is 1.11 bits per heavy atom. The summed E-state index contributed by atoms with van der Waals surface area (Å²) in [6.07, 6.45) is -3.37. The minimum absolute atomic E-state index is 0.0000565. The van der Waals surface area contributed by atoms with E-state index in [0.717, 1.165) is 0 Å². The monoisotopic (exact) mass is 522 g/mol. The normalized spacial score (nSPS) is 57.9. The first kappa shape index (κ1) is 26.3. The molecule has 14 atom stereocenters. The number of hydrogen-bond donors (Lipinski definition) is 5. The lowest BCUT2D eigenvalue weighted by Crippen LogP contribution is -2.70. The summed E-state index contributed by atoms with van der Waals surface area (Å²) in [6.45, 7) is 11.7. The maximum atomic E-state index is 14.3. The van der Waals surface area contributed by atoms with E-state index in [4.69, 9.17) is 14.2 Å². The lowest BCUT2D eigenvalue weighted by atomic mass is 9.59. The third-order valence-corrected chi connectivity index (χ3v) is 11.6. The van der Waals surface area contributed by atoms with Crippen molar-refractivity contribution in [3.63, 3.8) is 0 Å². The predicted molar refractivity (Wildman–Crippen MR) is 130 cm³/mol. The highest BCUT2D eigenvalue weighted by atomic mass is 16.8. The molecule has 6 aliphatic rings. The molecule has 3 bridgehead atoms. The van der Waals surface area contributed by atoms with Crippen molar-refractivity contribution in [2.75, 3.05) is 0 Å². The van der Waals surface area contributed by atoms with E-state index in [2.05, 4.69) is 13.8 Å². The second-order valence-electron chi connectivity index (χ2n) is 13.6. The van der Waals surface area contributed by atoms with Gasteiger partial charge in [0.15, 0.2) is 5.78 Å². The highest BCUT2D eigenvalue weighted by Crippen LogP contribution is 2.74. The van der Waals surface area contributed by atoms with Gasteiger partial charge in [0.05, 0.1) is 29.8 Å². The highest BCUT2D eigenvalue weighted by molar-refractivity contribution is 5.95. The number of carbonyl (C=O) groups is 1. The van der Waals surface area contributed by atoms with Gasteiger partial charge in [-0.3, -0.25) is 4.79 Å². The van der Waals surface area contributed by atoms with Crippen molar-refractivity contribution in [3.8, 4) is 0 Å². The Labute approximate surface area is 217 Å². The molecular formula is C28H42O9. The van der Waals surface area contributed by atoms with Crippen LogP contribution in [-0.2, 0) is 19.0 Å². The van der Waals surface area contributed by atoms with Crippen LogP contribution in [0.3, 0.4) is 0 Å². The number of carbonyl (C=O) groups excluding carboxylic acids is 1. The van der Waals surface area contributed by atoms with Gasteiger partial charge in [-0.2, -0.15) is 0 Å². The standard InChI is InChI=1S/C28H42O9/c1-12(2)13(3)20(31)21-14(4)19-16(35-21)11-26(33)17-9-18(30)27(34)10-15(29)7-8-24(5)22(32)23(25(19,26)6)36-28(17,24)37-27/h9,12-16,18-21,23,29-31,33-34H,7-8,10-11H2,1-6H3. The maximum absolute atomic E-state index is 14.3. The molecule has 6 rings (SSSR count). The van der Waals surface area contributed by atoms with E-state index in [0.29, 0.717) is 0 Å². The fraction of sp³-hybridized carbons (Fsp3) is 0.893. The SMILES string of the molecule is CC(C)C(C)C(O)C1OC2CC3(O)C4=CC(O)C5(O)CC(O)CCC6(C)C(=O)C(OC46O5)C3(C)C2C1C. The number of ketones is 1. The zero-order valence-electron chi connectivity index (χ0n) is 22.5. The molecule has 0 amide bonds. The molecule has 9 nitrogen and oxygen atoms in total. The van der Waals surface area contributed by atoms with Gasteiger partial charge in [-0.15, -0.1) is 0 Å². The van der Waals surface area contributed by atoms with E-state index >= 15 is 0 Å². The first-order valence-electron chi connectivity index (χ1n) is 13.9. The Kier molecular flexibility index (Phi) is 5.43. The van der Waals surface area contributed by atoms with Crippen LogP contribution >= 0.6 is 0 Å². The van der Waals surface area contributed by atoms with Crippen molar-refractivity contribution in [3.05, 3.63) is 11.6 Å².